The van der Waals surface area contributed by atoms with E-state index < -0.39 is 11.6 Å². The second-order valence-corrected chi connectivity index (χ2v) is 4.47. The highest BCUT2D eigenvalue weighted by atomic mass is 19.1. The summed E-state index contributed by atoms with van der Waals surface area (Å²) in [6.07, 6.45) is 0. The molecule has 0 aromatic heterocycles. The highest BCUT2D eigenvalue weighted by molar-refractivity contribution is 5.80. The number of amides is 1. The quantitative estimate of drug-likeness (QED) is 0.895. The maximum absolute atomic E-state index is 12.3. The van der Waals surface area contributed by atoms with Crippen LogP contribution in [0.15, 0.2) is 18.2 Å². The van der Waals surface area contributed by atoms with E-state index in [0.717, 1.165) is 13.1 Å². The van der Waals surface area contributed by atoms with Crippen LogP contribution in [0.25, 0.3) is 0 Å². The molecule has 0 aliphatic carbocycles. The van der Waals surface area contributed by atoms with Crippen molar-refractivity contribution >= 4 is 5.91 Å². The molecule has 2 rings (SSSR count). The fraction of sp³-hybridized carbons (Fsp3) is 0.500. The minimum Gasteiger partial charge on any atom is -0.378 e. The summed E-state index contributed by atoms with van der Waals surface area (Å²) < 4.78 is 29.8. The van der Waals surface area contributed by atoms with E-state index in [9.17, 15) is 13.6 Å². The van der Waals surface area contributed by atoms with Crippen molar-refractivity contribution in [3.05, 3.63) is 35.4 Å². The largest absolute Gasteiger partial charge is 0.378 e. The summed E-state index contributed by atoms with van der Waals surface area (Å²) in [7, 11) is 0. The molecule has 1 atom stereocenters. The van der Waals surface area contributed by atoms with Gasteiger partial charge in [0.1, 0.15) is 17.7 Å². The summed E-state index contributed by atoms with van der Waals surface area (Å²) >= 11 is 0. The first-order valence-corrected chi connectivity index (χ1v) is 6.49. The van der Waals surface area contributed by atoms with Crippen LogP contribution < -0.4 is 5.73 Å². The van der Waals surface area contributed by atoms with Crippen LogP contribution in [0.1, 0.15) is 12.5 Å². The van der Waals surface area contributed by atoms with Gasteiger partial charge in [-0.3, -0.25) is 9.69 Å². The number of morpholine rings is 1. The Bertz CT molecular complexity index is 435. The summed E-state index contributed by atoms with van der Waals surface area (Å²) in [4.78, 5) is 12.9. The van der Waals surface area contributed by atoms with Crippen molar-refractivity contribution in [3.8, 4) is 0 Å². The number of ether oxygens (including phenoxy) is 1. The molecule has 2 N–H and O–H groups in total. The summed E-state index contributed by atoms with van der Waals surface area (Å²) in [6, 6.07) is 3.60. The number of nitrogens with zero attached hydrogens (tertiary/aromatic N) is 1. The van der Waals surface area contributed by atoms with Gasteiger partial charge in [-0.2, -0.15) is 0 Å². The predicted molar refractivity (Wildman–Crippen MR) is 72.1 cm³/mol. The Balaban J connectivity index is 0.000000204. The lowest BCUT2D eigenvalue weighted by Crippen LogP contribution is -2.52. The van der Waals surface area contributed by atoms with Crippen LogP contribution in [0.3, 0.4) is 0 Å². The lowest BCUT2D eigenvalue weighted by Gasteiger charge is -2.32. The van der Waals surface area contributed by atoms with Crippen molar-refractivity contribution in [1.29, 1.82) is 0 Å². The fourth-order valence-electron chi connectivity index (χ4n) is 1.86. The number of likely N-dealkylation sites (N-methyl/N-ethyl adjacent to an activating group) is 1. The number of carbonyl (C=O) groups is 1. The maximum atomic E-state index is 12.3. The molecule has 0 unspecified atom stereocenters. The number of carbonyl (C=O) groups excluding carboxylic acids is 1. The number of rotatable bonds is 2. The van der Waals surface area contributed by atoms with E-state index in [4.69, 9.17) is 10.5 Å². The van der Waals surface area contributed by atoms with Gasteiger partial charge in [0.25, 0.3) is 0 Å². The normalized spacial score (nSPS) is 19.1. The van der Waals surface area contributed by atoms with Crippen molar-refractivity contribution in [2.45, 2.75) is 19.9 Å². The van der Waals surface area contributed by atoms with Gasteiger partial charge in [0, 0.05) is 12.1 Å². The van der Waals surface area contributed by atoms with Gasteiger partial charge >= 0.3 is 0 Å². The first-order chi connectivity index (χ1) is 9.47. The molecule has 0 saturated carbocycles. The first kappa shape index (κ1) is 16.5. The average Bonchev–Trinajstić information content (AvgIpc) is 2.45. The fourth-order valence-corrected chi connectivity index (χ4v) is 1.86. The van der Waals surface area contributed by atoms with Gasteiger partial charge in [-0.15, -0.1) is 0 Å². The number of hydrogen-bond acceptors (Lipinski definition) is 3. The minimum absolute atomic E-state index is 0.0810. The van der Waals surface area contributed by atoms with E-state index in [1.165, 1.54) is 25.1 Å². The van der Waals surface area contributed by atoms with Gasteiger partial charge < -0.3 is 10.5 Å². The minimum atomic E-state index is -0.491. The molecule has 0 bridgehead atoms. The van der Waals surface area contributed by atoms with E-state index in [0.29, 0.717) is 13.2 Å². The van der Waals surface area contributed by atoms with Crippen LogP contribution in [-0.4, -0.2) is 43.2 Å². The van der Waals surface area contributed by atoms with Gasteiger partial charge in [-0.25, -0.2) is 8.78 Å². The standard InChI is InChI=1S/C7H6F2.C7H14N2O2/c1-5-6(8)3-2-4-7(5)9;1-2-9-3-4-11-5-6(9)7(8)10/h2-4H,1H3;6H,2-5H2,1H3,(H2,8,10)/t;6-/m.1/s1. The molecule has 1 heterocycles. The highest BCUT2D eigenvalue weighted by Gasteiger charge is 2.25. The Labute approximate surface area is 117 Å². The molecule has 1 amide bonds. The summed E-state index contributed by atoms with van der Waals surface area (Å²) in [6.45, 7) is 6.24. The smallest absolute Gasteiger partial charge is 0.237 e. The molecule has 1 saturated heterocycles. The molecule has 4 nitrogen and oxygen atoms in total. The molecular weight excluding hydrogens is 266 g/mol. The Hall–Kier alpha value is -1.53. The van der Waals surface area contributed by atoms with Gasteiger partial charge in [-0.05, 0) is 25.6 Å². The van der Waals surface area contributed by atoms with Crippen molar-refractivity contribution in [1.82, 2.24) is 4.90 Å². The molecule has 1 fully saturated rings. The molecule has 1 aliphatic heterocycles. The van der Waals surface area contributed by atoms with E-state index in [1.54, 1.807) is 0 Å². The monoisotopic (exact) mass is 286 g/mol. The van der Waals surface area contributed by atoms with Crippen molar-refractivity contribution in [2.24, 2.45) is 5.73 Å². The Morgan fingerprint density at radius 2 is 2.05 bits per heavy atom. The second kappa shape index (κ2) is 7.91. The zero-order chi connectivity index (χ0) is 15.1. The van der Waals surface area contributed by atoms with Crippen molar-refractivity contribution in [3.63, 3.8) is 0 Å². The number of halogens is 2. The molecule has 112 valence electrons. The Morgan fingerprint density at radius 3 is 2.45 bits per heavy atom. The third-order valence-electron chi connectivity index (χ3n) is 3.18. The predicted octanol–water partition coefficient (Wildman–Crippen LogP) is 1.47. The zero-order valence-electron chi connectivity index (χ0n) is 11.7. The number of benzene rings is 1. The topological polar surface area (TPSA) is 55.6 Å². The number of primary amides is 1. The van der Waals surface area contributed by atoms with E-state index >= 15 is 0 Å². The molecule has 1 aromatic carbocycles. The third kappa shape index (κ3) is 4.54. The van der Waals surface area contributed by atoms with Gasteiger partial charge in [0.15, 0.2) is 0 Å². The van der Waals surface area contributed by atoms with Crippen LogP contribution in [0.2, 0.25) is 0 Å². The molecule has 0 spiro atoms. The number of nitrogens with two attached hydrogens (primary N) is 1. The van der Waals surface area contributed by atoms with Crippen LogP contribution in [-0.2, 0) is 9.53 Å². The summed E-state index contributed by atoms with van der Waals surface area (Å²) in [5, 5.41) is 0. The molecule has 20 heavy (non-hydrogen) atoms. The Morgan fingerprint density at radius 1 is 1.45 bits per heavy atom. The average molecular weight is 286 g/mol. The third-order valence-corrected chi connectivity index (χ3v) is 3.18. The van der Waals surface area contributed by atoms with Gasteiger partial charge in [0.05, 0.1) is 13.2 Å². The number of hydrogen-bond donors (Lipinski definition) is 1. The molecule has 0 radical (unpaired) electrons. The lowest BCUT2D eigenvalue weighted by atomic mass is 10.2. The SMILES string of the molecule is CCN1CCOC[C@@H]1C(N)=O.Cc1c(F)cccc1F. The van der Waals surface area contributed by atoms with Gasteiger partial charge in [-0.1, -0.05) is 13.0 Å². The molecule has 6 heteroatoms. The highest BCUT2D eigenvalue weighted by Crippen LogP contribution is 2.08. The van der Waals surface area contributed by atoms with Crippen molar-refractivity contribution < 1.29 is 18.3 Å². The van der Waals surface area contributed by atoms with Gasteiger partial charge in [0.2, 0.25) is 5.91 Å². The van der Waals surface area contributed by atoms with Crippen LogP contribution in [0.5, 0.6) is 0 Å². The summed E-state index contributed by atoms with van der Waals surface area (Å²) in [5.74, 6) is -1.27. The molecular formula is C14H20F2N2O2. The summed E-state index contributed by atoms with van der Waals surface area (Å²) in [5.41, 5.74) is 5.25. The second-order valence-electron chi connectivity index (χ2n) is 4.47. The van der Waals surface area contributed by atoms with Crippen LogP contribution in [0, 0.1) is 18.6 Å². The van der Waals surface area contributed by atoms with Crippen molar-refractivity contribution in [2.75, 3.05) is 26.3 Å². The Kier molecular flexibility index (Phi) is 6.54. The van der Waals surface area contributed by atoms with E-state index in [2.05, 4.69) is 0 Å². The maximum Gasteiger partial charge on any atom is 0.237 e. The zero-order valence-corrected chi connectivity index (χ0v) is 11.7. The van der Waals surface area contributed by atoms with Crippen LogP contribution >= 0.6 is 0 Å². The van der Waals surface area contributed by atoms with Crippen LogP contribution in [0.4, 0.5) is 8.78 Å². The van der Waals surface area contributed by atoms with E-state index in [1.807, 2.05) is 11.8 Å². The molecule has 1 aromatic rings. The first-order valence-electron chi connectivity index (χ1n) is 6.49. The van der Waals surface area contributed by atoms with E-state index in [-0.39, 0.29) is 17.5 Å². The lowest BCUT2D eigenvalue weighted by molar-refractivity contribution is -0.129. The molecule has 1 aliphatic rings.